The van der Waals surface area contributed by atoms with Gasteiger partial charge in [0, 0.05) is 50.1 Å². The lowest BCUT2D eigenvalue weighted by atomic mass is 10.1. The van der Waals surface area contributed by atoms with Gasteiger partial charge in [-0.05, 0) is 29.8 Å². The van der Waals surface area contributed by atoms with Crippen molar-refractivity contribution in [2.75, 3.05) is 6.54 Å². The average molecular weight is 354 g/mol. The molecular weight excluding hydrogens is 338 g/mol. The van der Waals surface area contributed by atoms with Gasteiger partial charge in [-0.25, -0.2) is 13.8 Å². The highest BCUT2D eigenvalue weighted by atomic mass is 19.1. The predicted octanol–water partition coefficient (Wildman–Crippen LogP) is 2.67. The topological polar surface area (TPSA) is 61.9 Å². The van der Waals surface area contributed by atoms with E-state index >= 15 is 0 Å². The number of aromatic amines is 1. The molecule has 2 aromatic heterocycles. The Morgan fingerprint density at radius 3 is 2.58 bits per heavy atom. The van der Waals surface area contributed by atoms with Crippen LogP contribution in [-0.2, 0) is 19.5 Å². The van der Waals surface area contributed by atoms with Crippen molar-refractivity contribution in [1.29, 1.82) is 0 Å². The Kier molecular flexibility index (Phi) is 4.30. The van der Waals surface area contributed by atoms with Crippen molar-refractivity contribution in [2.45, 2.75) is 19.5 Å². The summed E-state index contributed by atoms with van der Waals surface area (Å²) in [6.45, 7) is 1.43. The predicted molar refractivity (Wildman–Crippen MR) is 92.3 cm³/mol. The molecule has 0 amide bonds. The average Bonchev–Trinajstić information content (AvgIpc) is 2.62. The van der Waals surface area contributed by atoms with Crippen LogP contribution in [0.15, 0.2) is 47.5 Å². The maximum atomic E-state index is 13.4. The summed E-state index contributed by atoms with van der Waals surface area (Å²) in [5, 5.41) is 0. The number of nitrogens with one attached hydrogen (secondary N) is 1. The standard InChI is InChI=1S/C19H16F2N4O/c20-14-7-12(8-15(21)9-14)10-25-6-3-17-16(11-25)19(26)24-18(23-17)13-1-4-22-5-2-13/h1-2,4-5,7-9H,3,6,10-11H2,(H,23,24,26). The molecule has 1 aromatic carbocycles. The molecule has 132 valence electrons. The summed E-state index contributed by atoms with van der Waals surface area (Å²) in [6, 6.07) is 7.06. The highest BCUT2D eigenvalue weighted by Crippen LogP contribution is 2.20. The molecule has 4 rings (SSSR count). The molecule has 26 heavy (non-hydrogen) atoms. The van der Waals surface area contributed by atoms with E-state index in [1.165, 1.54) is 12.1 Å². The van der Waals surface area contributed by atoms with E-state index in [1.807, 2.05) is 4.90 Å². The largest absolute Gasteiger partial charge is 0.306 e. The fraction of sp³-hybridized carbons (Fsp3) is 0.211. The zero-order valence-corrected chi connectivity index (χ0v) is 13.9. The number of hydrogen-bond acceptors (Lipinski definition) is 4. The maximum absolute atomic E-state index is 13.4. The molecule has 1 N–H and O–H groups in total. The Morgan fingerprint density at radius 2 is 1.85 bits per heavy atom. The molecule has 0 fully saturated rings. The Labute approximate surface area is 148 Å². The first-order valence-corrected chi connectivity index (χ1v) is 8.28. The third-order valence-electron chi connectivity index (χ3n) is 4.43. The second kappa shape index (κ2) is 6.76. The van der Waals surface area contributed by atoms with Gasteiger partial charge in [-0.1, -0.05) is 0 Å². The summed E-state index contributed by atoms with van der Waals surface area (Å²) in [6.07, 6.45) is 3.90. The van der Waals surface area contributed by atoms with Gasteiger partial charge in [-0.15, -0.1) is 0 Å². The van der Waals surface area contributed by atoms with Crippen LogP contribution < -0.4 is 5.56 Å². The van der Waals surface area contributed by atoms with E-state index in [0.29, 0.717) is 43.0 Å². The molecule has 0 bridgehead atoms. The number of hydrogen-bond donors (Lipinski definition) is 1. The van der Waals surface area contributed by atoms with Crippen LogP contribution in [0.1, 0.15) is 16.8 Å². The van der Waals surface area contributed by atoms with Gasteiger partial charge in [0.2, 0.25) is 0 Å². The molecule has 1 aliphatic heterocycles. The van der Waals surface area contributed by atoms with Gasteiger partial charge in [-0.3, -0.25) is 14.7 Å². The smallest absolute Gasteiger partial charge is 0.255 e. The molecule has 5 nitrogen and oxygen atoms in total. The van der Waals surface area contributed by atoms with Crippen molar-refractivity contribution in [3.8, 4) is 11.4 Å². The number of rotatable bonds is 3. The molecule has 0 atom stereocenters. The van der Waals surface area contributed by atoms with E-state index in [-0.39, 0.29) is 5.56 Å². The molecule has 0 unspecified atom stereocenters. The fourth-order valence-electron chi connectivity index (χ4n) is 3.22. The van der Waals surface area contributed by atoms with E-state index in [9.17, 15) is 13.6 Å². The first-order chi connectivity index (χ1) is 12.6. The van der Waals surface area contributed by atoms with Crippen LogP contribution in [-0.4, -0.2) is 26.4 Å². The molecule has 3 heterocycles. The molecule has 0 saturated carbocycles. The zero-order chi connectivity index (χ0) is 18.1. The SMILES string of the molecule is O=c1[nH]c(-c2ccncc2)nc2c1CN(Cc1cc(F)cc(F)c1)CC2. The third-order valence-corrected chi connectivity index (χ3v) is 4.43. The molecule has 7 heteroatoms. The van der Waals surface area contributed by atoms with E-state index in [1.54, 1.807) is 24.5 Å². The summed E-state index contributed by atoms with van der Waals surface area (Å²) in [5.41, 5.74) is 2.53. The van der Waals surface area contributed by atoms with Gasteiger partial charge in [-0.2, -0.15) is 0 Å². The van der Waals surface area contributed by atoms with Crippen LogP contribution in [0.2, 0.25) is 0 Å². The highest BCUT2D eigenvalue weighted by Gasteiger charge is 2.22. The van der Waals surface area contributed by atoms with Crippen molar-refractivity contribution in [3.05, 3.63) is 81.5 Å². The quantitative estimate of drug-likeness (QED) is 0.786. The lowest BCUT2D eigenvalue weighted by molar-refractivity contribution is 0.241. The normalized spacial score (nSPS) is 14.2. The molecule has 0 saturated heterocycles. The summed E-state index contributed by atoms with van der Waals surface area (Å²) < 4.78 is 26.7. The molecular formula is C19H16F2N4O. The zero-order valence-electron chi connectivity index (χ0n) is 13.9. The van der Waals surface area contributed by atoms with Crippen LogP contribution in [0.5, 0.6) is 0 Å². The summed E-state index contributed by atoms with van der Waals surface area (Å²) in [5.74, 6) is -0.672. The third kappa shape index (κ3) is 3.39. The maximum Gasteiger partial charge on any atom is 0.255 e. The van der Waals surface area contributed by atoms with Crippen molar-refractivity contribution >= 4 is 0 Å². The van der Waals surface area contributed by atoms with Crippen LogP contribution in [0, 0.1) is 11.6 Å². The molecule has 3 aromatic rings. The van der Waals surface area contributed by atoms with E-state index in [2.05, 4.69) is 15.0 Å². The lowest BCUT2D eigenvalue weighted by Crippen LogP contribution is -2.35. The number of fused-ring (bicyclic) bond motifs is 1. The number of aromatic nitrogens is 3. The summed E-state index contributed by atoms with van der Waals surface area (Å²) >= 11 is 0. The van der Waals surface area contributed by atoms with Crippen molar-refractivity contribution in [1.82, 2.24) is 19.9 Å². The van der Waals surface area contributed by atoms with Gasteiger partial charge < -0.3 is 4.98 Å². The van der Waals surface area contributed by atoms with Crippen molar-refractivity contribution in [2.24, 2.45) is 0 Å². The van der Waals surface area contributed by atoms with Crippen LogP contribution in [0.3, 0.4) is 0 Å². The second-order valence-electron chi connectivity index (χ2n) is 6.31. The Hall–Kier alpha value is -2.93. The summed E-state index contributed by atoms with van der Waals surface area (Å²) in [4.78, 5) is 25.9. The monoisotopic (exact) mass is 354 g/mol. The van der Waals surface area contributed by atoms with Gasteiger partial charge in [0.25, 0.3) is 5.56 Å². The highest BCUT2D eigenvalue weighted by molar-refractivity contribution is 5.54. The number of nitrogens with zero attached hydrogens (tertiary/aromatic N) is 3. The molecule has 0 spiro atoms. The second-order valence-corrected chi connectivity index (χ2v) is 6.31. The minimum atomic E-state index is -0.598. The number of halogens is 2. The molecule has 0 radical (unpaired) electrons. The van der Waals surface area contributed by atoms with E-state index in [0.717, 1.165) is 17.3 Å². The Balaban J connectivity index is 1.58. The van der Waals surface area contributed by atoms with Crippen molar-refractivity contribution < 1.29 is 8.78 Å². The number of H-pyrrole nitrogens is 1. The Bertz CT molecular complexity index is 984. The Morgan fingerprint density at radius 1 is 1.12 bits per heavy atom. The van der Waals surface area contributed by atoms with Crippen LogP contribution in [0.25, 0.3) is 11.4 Å². The first kappa shape index (κ1) is 16.5. The van der Waals surface area contributed by atoms with Crippen molar-refractivity contribution in [3.63, 3.8) is 0 Å². The van der Waals surface area contributed by atoms with Gasteiger partial charge in [0.05, 0.1) is 11.3 Å². The molecule has 0 aliphatic carbocycles. The number of benzene rings is 1. The summed E-state index contributed by atoms with van der Waals surface area (Å²) in [7, 11) is 0. The minimum absolute atomic E-state index is 0.183. The van der Waals surface area contributed by atoms with Gasteiger partial charge >= 0.3 is 0 Å². The molecule has 1 aliphatic rings. The van der Waals surface area contributed by atoms with Crippen LogP contribution >= 0.6 is 0 Å². The number of pyridine rings is 1. The minimum Gasteiger partial charge on any atom is -0.306 e. The lowest BCUT2D eigenvalue weighted by Gasteiger charge is -2.27. The van der Waals surface area contributed by atoms with E-state index < -0.39 is 11.6 Å². The van der Waals surface area contributed by atoms with E-state index in [4.69, 9.17) is 0 Å². The first-order valence-electron chi connectivity index (χ1n) is 8.28. The van der Waals surface area contributed by atoms with Gasteiger partial charge in [0.1, 0.15) is 17.5 Å². The fourth-order valence-corrected chi connectivity index (χ4v) is 3.22. The van der Waals surface area contributed by atoms with Crippen LogP contribution in [0.4, 0.5) is 8.78 Å². The van der Waals surface area contributed by atoms with Gasteiger partial charge in [0.15, 0.2) is 0 Å².